The number of halogens is 2. The van der Waals surface area contributed by atoms with Gasteiger partial charge in [0.05, 0.1) is 16.8 Å². The molecule has 118 valence electrons. The normalized spacial score (nSPS) is 11.2. The Morgan fingerprint density at radius 1 is 1.17 bits per heavy atom. The van der Waals surface area contributed by atoms with Crippen molar-refractivity contribution in [1.82, 2.24) is 9.61 Å². The average molecular weight is 436 g/mol. The molecule has 3 aromatic rings. The van der Waals surface area contributed by atoms with Crippen LogP contribution in [0.2, 0.25) is 0 Å². The predicted octanol–water partition coefficient (Wildman–Crippen LogP) is 5.27. The van der Waals surface area contributed by atoms with Gasteiger partial charge < -0.3 is 0 Å². The van der Waals surface area contributed by atoms with E-state index in [9.17, 15) is 4.79 Å². The monoisotopic (exact) mass is 434 g/mol. The minimum absolute atomic E-state index is 0.00356. The molecule has 0 aliphatic rings. The van der Waals surface area contributed by atoms with Crippen LogP contribution < -0.4 is 0 Å². The van der Waals surface area contributed by atoms with Crippen LogP contribution >= 0.6 is 31.9 Å². The van der Waals surface area contributed by atoms with E-state index in [0.29, 0.717) is 11.1 Å². The molecule has 0 aliphatic carbocycles. The molecular weight excluding hydrogens is 420 g/mol. The summed E-state index contributed by atoms with van der Waals surface area (Å²) in [5, 5.41) is 4.55. The van der Waals surface area contributed by atoms with Gasteiger partial charge in [0.25, 0.3) is 0 Å². The van der Waals surface area contributed by atoms with Crippen molar-refractivity contribution in [3.63, 3.8) is 0 Å². The highest BCUT2D eigenvalue weighted by atomic mass is 79.9. The number of aromatic nitrogens is 2. The van der Waals surface area contributed by atoms with Crippen molar-refractivity contribution in [1.29, 1.82) is 0 Å². The van der Waals surface area contributed by atoms with Gasteiger partial charge in [-0.1, -0.05) is 38.8 Å². The SMILES string of the molecule is CCc1nn2ccc(C)cc2c1C(=O)c1cc(Br)c(C)c(Br)c1. The van der Waals surface area contributed by atoms with Gasteiger partial charge in [-0.3, -0.25) is 4.79 Å². The van der Waals surface area contributed by atoms with Crippen LogP contribution in [0, 0.1) is 13.8 Å². The molecule has 0 aliphatic heterocycles. The molecule has 0 amide bonds. The summed E-state index contributed by atoms with van der Waals surface area (Å²) >= 11 is 7.04. The summed E-state index contributed by atoms with van der Waals surface area (Å²) in [4.78, 5) is 13.1. The summed E-state index contributed by atoms with van der Waals surface area (Å²) in [5.41, 5.74) is 5.22. The molecule has 3 nitrogen and oxygen atoms in total. The van der Waals surface area contributed by atoms with E-state index in [1.165, 1.54) is 0 Å². The Morgan fingerprint density at radius 2 is 1.83 bits per heavy atom. The number of hydrogen-bond donors (Lipinski definition) is 0. The largest absolute Gasteiger partial charge is 0.288 e. The van der Waals surface area contributed by atoms with Gasteiger partial charge in [-0.25, -0.2) is 4.52 Å². The molecule has 0 atom stereocenters. The minimum Gasteiger partial charge on any atom is -0.288 e. The third kappa shape index (κ3) is 2.88. The summed E-state index contributed by atoms with van der Waals surface area (Å²) < 4.78 is 3.62. The Morgan fingerprint density at radius 3 is 2.43 bits per heavy atom. The summed E-state index contributed by atoms with van der Waals surface area (Å²) in [6.07, 6.45) is 2.62. The molecule has 0 fully saturated rings. The maximum absolute atomic E-state index is 13.1. The number of carbonyl (C=O) groups is 1. The maximum atomic E-state index is 13.1. The Balaban J connectivity index is 2.23. The highest BCUT2D eigenvalue weighted by Gasteiger charge is 2.21. The smallest absolute Gasteiger partial charge is 0.197 e. The number of carbonyl (C=O) groups excluding carboxylic acids is 1. The number of aryl methyl sites for hydroxylation is 2. The second-order valence-corrected chi connectivity index (χ2v) is 7.31. The van der Waals surface area contributed by atoms with Gasteiger partial charge in [-0.2, -0.15) is 5.10 Å². The van der Waals surface area contributed by atoms with E-state index in [1.807, 2.05) is 51.2 Å². The van der Waals surface area contributed by atoms with Crippen LogP contribution in [-0.4, -0.2) is 15.4 Å². The molecule has 5 heteroatoms. The van der Waals surface area contributed by atoms with E-state index >= 15 is 0 Å². The molecule has 3 rings (SSSR count). The quantitative estimate of drug-likeness (QED) is 0.525. The molecule has 2 heterocycles. The Hall–Kier alpha value is -1.46. The van der Waals surface area contributed by atoms with Gasteiger partial charge >= 0.3 is 0 Å². The lowest BCUT2D eigenvalue weighted by molar-refractivity contribution is 0.103. The first kappa shape index (κ1) is 16.4. The highest BCUT2D eigenvalue weighted by Crippen LogP contribution is 2.29. The number of pyridine rings is 1. The average Bonchev–Trinajstić information content (AvgIpc) is 2.89. The highest BCUT2D eigenvalue weighted by molar-refractivity contribution is 9.11. The summed E-state index contributed by atoms with van der Waals surface area (Å²) in [5.74, 6) is 0.00356. The fourth-order valence-electron chi connectivity index (χ4n) is 2.62. The zero-order valence-corrected chi connectivity index (χ0v) is 16.3. The second kappa shape index (κ2) is 6.21. The summed E-state index contributed by atoms with van der Waals surface area (Å²) in [6, 6.07) is 7.76. The number of ketones is 1. The Labute approximate surface area is 152 Å². The molecule has 0 spiro atoms. The van der Waals surface area contributed by atoms with Crippen molar-refractivity contribution in [2.45, 2.75) is 27.2 Å². The Kier molecular flexibility index (Phi) is 4.43. The standard InChI is InChI=1S/C18H16Br2N2O/c1-4-15-17(16-7-10(2)5-6-22(16)21-15)18(23)12-8-13(19)11(3)14(20)9-12/h5-9H,4H2,1-3H3. The van der Waals surface area contributed by atoms with Crippen molar-refractivity contribution >= 4 is 43.2 Å². The molecule has 23 heavy (non-hydrogen) atoms. The van der Waals surface area contributed by atoms with Gasteiger partial charge in [0.2, 0.25) is 0 Å². The first-order valence-corrected chi connectivity index (χ1v) is 8.99. The van der Waals surface area contributed by atoms with E-state index in [4.69, 9.17) is 0 Å². The molecule has 0 saturated heterocycles. The van der Waals surface area contributed by atoms with E-state index in [1.54, 1.807) is 4.52 Å². The molecule has 0 saturated carbocycles. The molecule has 2 aromatic heterocycles. The number of fused-ring (bicyclic) bond motifs is 1. The lowest BCUT2D eigenvalue weighted by Gasteiger charge is -2.07. The van der Waals surface area contributed by atoms with Crippen molar-refractivity contribution in [2.24, 2.45) is 0 Å². The third-order valence-electron chi connectivity index (χ3n) is 3.97. The van der Waals surface area contributed by atoms with Crippen LogP contribution in [0.4, 0.5) is 0 Å². The van der Waals surface area contributed by atoms with Crippen LogP contribution in [0.15, 0.2) is 39.4 Å². The Bertz CT molecular complexity index is 905. The van der Waals surface area contributed by atoms with Gasteiger partial charge in [-0.15, -0.1) is 0 Å². The van der Waals surface area contributed by atoms with Crippen LogP contribution in [0.5, 0.6) is 0 Å². The van der Waals surface area contributed by atoms with Gasteiger partial charge in [0, 0.05) is 20.7 Å². The van der Waals surface area contributed by atoms with Crippen molar-refractivity contribution in [3.05, 3.63) is 67.4 Å². The number of rotatable bonds is 3. The van der Waals surface area contributed by atoms with E-state index in [0.717, 1.165) is 37.7 Å². The molecule has 0 unspecified atom stereocenters. The first-order valence-electron chi connectivity index (χ1n) is 7.40. The van der Waals surface area contributed by atoms with Crippen LogP contribution in [-0.2, 0) is 6.42 Å². The number of hydrogen-bond acceptors (Lipinski definition) is 2. The van der Waals surface area contributed by atoms with Crippen molar-refractivity contribution in [2.75, 3.05) is 0 Å². The molecule has 0 N–H and O–H groups in total. The third-order valence-corrected chi connectivity index (χ3v) is 5.62. The van der Waals surface area contributed by atoms with Crippen LogP contribution in [0.1, 0.15) is 39.7 Å². The zero-order chi connectivity index (χ0) is 16.7. The molecule has 0 radical (unpaired) electrons. The molecule has 1 aromatic carbocycles. The lowest BCUT2D eigenvalue weighted by atomic mass is 9.99. The first-order chi connectivity index (χ1) is 10.9. The predicted molar refractivity (Wildman–Crippen MR) is 99.3 cm³/mol. The molecular formula is C18H16Br2N2O. The summed E-state index contributed by atoms with van der Waals surface area (Å²) in [6.45, 7) is 6.04. The van der Waals surface area contributed by atoms with E-state index in [-0.39, 0.29) is 5.78 Å². The number of benzene rings is 1. The van der Waals surface area contributed by atoms with Crippen LogP contribution in [0.3, 0.4) is 0 Å². The van der Waals surface area contributed by atoms with Gasteiger partial charge in [-0.05, 0) is 55.7 Å². The van der Waals surface area contributed by atoms with Crippen LogP contribution in [0.25, 0.3) is 5.52 Å². The van der Waals surface area contributed by atoms with Gasteiger partial charge in [0.15, 0.2) is 5.78 Å². The molecule has 0 bridgehead atoms. The topological polar surface area (TPSA) is 34.4 Å². The van der Waals surface area contributed by atoms with E-state index in [2.05, 4.69) is 37.0 Å². The van der Waals surface area contributed by atoms with E-state index < -0.39 is 0 Å². The summed E-state index contributed by atoms with van der Waals surface area (Å²) in [7, 11) is 0. The van der Waals surface area contributed by atoms with Gasteiger partial charge in [0.1, 0.15) is 0 Å². The lowest BCUT2D eigenvalue weighted by Crippen LogP contribution is -2.05. The second-order valence-electron chi connectivity index (χ2n) is 5.60. The zero-order valence-electron chi connectivity index (χ0n) is 13.2. The maximum Gasteiger partial charge on any atom is 0.197 e. The fraction of sp³-hybridized carbons (Fsp3) is 0.222. The number of nitrogens with zero attached hydrogens (tertiary/aromatic N) is 2. The van der Waals surface area contributed by atoms with Crippen molar-refractivity contribution in [3.8, 4) is 0 Å². The minimum atomic E-state index is 0.00356. The van der Waals surface area contributed by atoms with Crippen molar-refractivity contribution < 1.29 is 4.79 Å². The fourth-order valence-corrected chi connectivity index (χ4v) is 3.80.